The third kappa shape index (κ3) is 11.0. The van der Waals surface area contributed by atoms with Gasteiger partial charge >= 0.3 is 0 Å². The molecule has 0 aliphatic heterocycles. The second-order valence-corrected chi connectivity index (χ2v) is 8.15. The SMILES string of the molecule is CCOCCOCCS[C@@H](CC(=O)NCc1ccccc1)C(=O)NCc1ccccc1. The van der Waals surface area contributed by atoms with Gasteiger partial charge in [0.25, 0.3) is 0 Å². The molecule has 31 heavy (non-hydrogen) atoms. The molecule has 2 N–H and O–H groups in total. The summed E-state index contributed by atoms with van der Waals surface area (Å²) in [6.07, 6.45) is 0.122. The molecule has 0 aromatic heterocycles. The van der Waals surface area contributed by atoms with Crippen molar-refractivity contribution < 1.29 is 19.1 Å². The van der Waals surface area contributed by atoms with Gasteiger partial charge in [-0.3, -0.25) is 9.59 Å². The largest absolute Gasteiger partial charge is 0.379 e. The zero-order valence-corrected chi connectivity index (χ0v) is 18.9. The van der Waals surface area contributed by atoms with E-state index in [-0.39, 0.29) is 18.2 Å². The average molecular weight is 445 g/mol. The van der Waals surface area contributed by atoms with Gasteiger partial charge in [0, 0.05) is 31.9 Å². The smallest absolute Gasteiger partial charge is 0.233 e. The zero-order chi connectivity index (χ0) is 22.2. The molecule has 2 aromatic carbocycles. The van der Waals surface area contributed by atoms with Crippen molar-refractivity contribution in [2.45, 2.75) is 31.7 Å². The third-order valence-electron chi connectivity index (χ3n) is 4.43. The number of nitrogens with one attached hydrogen (secondary N) is 2. The molecule has 2 aromatic rings. The number of hydrogen-bond donors (Lipinski definition) is 2. The molecule has 168 valence electrons. The van der Waals surface area contributed by atoms with E-state index in [1.54, 1.807) is 0 Å². The van der Waals surface area contributed by atoms with Crippen LogP contribution in [0.15, 0.2) is 60.7 Å². The van der Waals surface area contributed by atoms with Gasteiger partial charge < -0.3 is 20.1 Å². The van der Waals surface area contributed by atoms with Crippen LogP contribution >= 0.6 is 11.8 Å². The first kappa shape index (κ1) is 24.9. The van der Waals surface area contributed by atoms with Crippen molar-refractivity contribution in [2.75, 3.05) is 32.2 Å². The molecule has 0 saturated carbocycles. The first-order valence-corrected chi connectivity index (χ1v) is 11.6. The second kappa shape index (κ2) is 15.5. The summed E-state index contributed by atoms with van der Waals surface area (Å²) >= 11 is 1.44. The number of ether oxygens (including phenoxy) is 2. The molecule has 0 aliphatic rings. The predicted octanol–water partition coefficient (Wildman–Crippen LogP) is 3.16. The van der Waals surface area contributed by atoms with Crippen molar-refractivity contribution in [3.63, 3.8) is 0 Å². The van der Waals surface area contributed by atoms with E-state index >= 15 is 0 Å². The molecule has 0 radical (unpaired) electrons. The minimum absolute atomic E-state index is 0.122. The maximum absolute atomic E-state index is 12.8. The number of carbonyl (C=O) groups is 2. The maximum Gasteiger partial charge on any atom is 0.233 e. The van der Waals surface area contributed by atoms with Crippen LogP contribution in [0, 0.1) is 0 Å². The molecule has 0 spiro atoms. The van der Waals surface area contributed by atoms with Gasteiger partial charge in [-0.05, 0) is 18.1 Å². The normalized spacial score (nSPS) is 11.6. The molecule has 2 rings (SSSR count). The molecule has 0 fully saturated rings. The fourth-order valence-corrected chi connectivity index (χ4v) is 3.78. The third-order valence-corrected chi connectivity index (χ3v) is 5.61. The van der Waals surface area contributed by atoms with E-state index < -0.39 is 5.25 Å². The number of benzene rings is 2. The van der Waals surface area contributed by atoms with Crippen LogP contribution in [0.4, 0.5) is 0 Å². The van der Waals surface area contributed by atoms with E-state index in [9.17, 15) is 9.59 Å². The Hall–Kier alpha value is -2.35. The Morgan fingerprint density at radius 1 is 0.839 bits per heavy atom. The lowest BCUT2D eigenvalue weighted by Crippen LogP contribution is -2.37. The van der Waals surface area contributed by atoms with Crippen LogP contribution in [0.3, 0.4) is 0 Å². The van der Waals surface area contributed by atoms with Crippen LogP contribution in [-0.2, 0) is 32.2 Å². The van der Waals surface area contributed by atoms with Gasteiger partial charge in [-0.1, -0.05) is 60.7 Å². The van der Waals surface area contributed by atoms with Crippen molar-refractivity contribution in [2.24, 2.45) is 0 Å². The molecule has 0 bridgehead atoms. The first-order valence-electron chi connectivity index (χ1n) is 10.6. The number of amides is 2. The minimum atomic E-state index is -0.477. The van der Waals surface area contributed by atoms with Crippen molar-refractivity contribution in [3.05, 3.63) is 71.8 Å². The summed E-state index contributed by atoms with van der Waals surface area (Å²) in [5.41, 5.74) is 2.05. The lowest BCUT2D eigenvalue weighted by Gasteiger charge is -2.17. The number of rotatable bonds is 15. The molecule has 0 unspecified atom stereocenters. The highest BCUT2D eigenvalue weighted by Gasteiger charge is 2.22. The van der Waals surface area contributed by atoms with Crippen molar-refractivity contribution in [1.82, 2.24) is 10.6 Å². The summed E-state index contributed by atoms with van der Waals surface area (Å²) in [7, 11) is 0. The lowest BCUT2D eigenvalue weighted by molar-refractivity contribution is -0.126. The van der Waals surface area contributed by atoms with Crippen molar-refractivity contribution in [1.29, 1.82) is 0 Å². The Morgan fingerprint density at radius 3 is 2.03 bits per heavy atom. The zero-order valence-electron chi connectivity index (χ0n) is 18.0. The van der Waals surface area contributed by atoms with Crippen LogP contribution in [0.5, 0.6) is 0 Å². The molecule has 1 atom stereocenters. The van der Waals surface area contributed by atoms with E-state index in [4.69, 9.17) is 9.47 Å². The molecular formula is C24H32N2O4S. The Bertz CT molecular complexity index is 759. The van der Waals surface area contributed by atoms with Gasteiger partial charge in [-0.25, -0.2) is 0 Å². The molecular weight excluding hydrogens is 412 g/mol. The summed E-state index contributed by atoms with van der Waals surface area (Å²) in [4.78, 5) is 25.2. The molecule has 2 amide bonds. The Balaban J connectivity index is 1.81. The van der Waals surface area contributed by atoms with Crippen LogP contribution < -0.4 is 10.6 Å². The summed E-state index contributed by atoms with van der Waals surface area (Å²) in [6, 6.07) is 19.4. The second-order valence-electron chi connectivity index (χ2n) is 6.84. The summed E-state index contributed by atoms with van der Waals surface area (Å²) in [5, 5.41) is 5.37. The van der Waals surface area contributed by atoms with Gasteiger partial charge in [0.1, 0.15) is 0 Å². The van der Waals surface area contributed by atoms with Gasteiger partial charge in [0.2, 0.25) is 11.8 Å². The molecule has 0 saturated heterocycles. The highest BCUT2D eigenvalue weighted by atomic mass is 32.2. The van der Waals surface area contributed by atoms with Crippen LogP contribution in [0.1, 0.15) is 24.5 Å². The molecule has 0 heterocycles. The molecule has 0 aliphatic carbocycles. The minimum Gasteiger partial charge on any atom is -0.379 e. The van der Waals surface area contributed by atoms with Crippen LogP contribution in [-0.4, -0.2) is 49.2 Å². The Morgan fingerprint density at radius 2 is 1.42 bits per heavy atom. The number of hydrogen-bond acceptors (Lipinski definition) is 5. The standard InChI is InChI=1S/C24H32N2O4S/c1-2-29-13-14-30-15-16-31-22(24(28)26-19-21-11-7-4-8-12-21)17-23(27)25-18-20-9-5-3-6-10-20/h3-12,22H,2,13-19H2,1H3,(H,25,27)(H,26,28)/t22-/m0/s1. The van der Waals surface area contributed by atoms with Gasteiger partial charge in [-0.15, -0.1) is 11.8 Å². The fourth-order valence-electron chi connectivity index (χ4n) is 2.78. The van der Waals surface area contributed by atoms with Crippen molar-refractivity contribution in [3.8, 4) is 0 Å². The monoisotopic (exact) mass is 444 g/mol. The number of carbonyl (C=O) groups excluding carboxylic acids is 2. The van der Waals surface area contributed by atoms with E-state index in [1.807, 2.05) is 67.6 Å². The Labute approximate surface area is 189 Å². The highest BCUT2D eigenvalue weighted by Crippen LogP contribution is 2.16. The maximum atomic E-state index is 12.8. The van der Waals surface area contributed by atoms with Crippen LogP contribution in [0.25, 0.3) is 0 Å². The molecule has 6 nitrogen and oxygen atoms in total. The molecule has 7 heteroatoms. The Kier molecular flexibility index (Phi) is 12.4. The first-order chi connectivity index (χ1) is 15.2. The summed E-state index contributed by atoms with van der Waals surface area (Å²) in [5.74, 6) is 0.341. The van der Waals surface area contributed by atoms with E-state index in [0.717, 1.165) is 11.1 Å². The predicted molar refractivity (Wildman–Crippen MR) is 125 cm³/mol. The van der Waals surface area contributed by atoms with Gasteiger partial charge in [0.15, 0.2) is 0 Å². The summed E-state index contributed by atoms with van der Waals surface area (Å²) < 4.78 is 10.8. The van der Waals surface area contributed by atoms with E-state index in [1.165, 1.54) is 11.8 Å². The van der Waals surface area contributed by atoms with Gasteiger partial charge in [-0.2, -0.15) is 0 Å². The summed E-state index contributed by atoms with van der Waals surface area (Å²) in [6.45, 7) is 5.08. The van der Waals surface area contributed by atoms with Gasteiger partial charge in [0.05, 0.1) is 25.1 Å². The topological polar surface area (TPSA) is 76.7 Å². The number of thioether (sulfide) groups is 1. The van der Waals surface area contributed by atoms with E-state index in [0.29, 0.717) is 45.3 Å². The lowest BCUT2D eigenvalue weighted by atomic mass is 10.2. The highest BCUT2D eigenvalue weighted by molar-refractivity contribution is 8.00. The quantitative estimate of drug-likeness (QED) is 0.413. The average Bonchev–Trinajstić information content (AvgIpc) is 2.81. The fraction of sp³-hybridized carbons (Fsp3) is 0.417. The van der Waals surface area contributed by atoms with Crippen molar-refractivity contribution >= 4 is 23.6 Å². The van der Waals surface area contributed by atoms with E-state index in [2.05, 4.69) is 10.6 Å². The van der Waals surface area contributed by atoms with Crippen LogP contribution in [0.2, 0.25) is 0 Å².